The number of benzene rings is 2. The summed E-state index contributed by atoms with van der Waals surface area (Å²) >= 11 is 0. The van der Waals surface area contributed by atoms with E-state index in [0.29, 0.717) is 24.9 Å². The van der Waals surface area contributed by atoms with Gasteiger partial charge in [0.25, 0.3) is 0 Å². The third-order valence-corrected chi connectivity index (χ3v) is 9.62. The van der Waals surface area contributed by atoms with Crippen LogP contribution in [0.2, 0.25) is 0 Å². The van der Waals surface area contributed by atoms with Crippen LogP contribution in [0.25, 0.3) is 0 Å². The van der Waals surface area contributed by atoms with Gasteiger partial charge in [0.15, 0.2) is 0 Å². The Bertz CT molecular complexity index is 1060. The molecular formula is C34H46N2O3. The summed E-state index contributed by atoms with van der Waals surface area (Å²) in [6.45, 7) is 2.64. The molecule has 5 rings (SSSR count). The fourth-order valence-corrected chi connectivity index (χ4v) is 7.30. The number of aliphatic hydroxyl groups excluding tert-OH is 1. The number of rotatable bonds is 10. The van der Waals surface area contributed by atoms with Crippen molar-refractivity contribution >= 4 is 11.7 Å². The maximum Gasteiger partial charge on any atom is 0.226 e. The van der Waals surface area contributed by atoms with Crippen molar-refractivity contribution in [3.63, 3.8) is 0 Å². The predicted octanol–water partition coefficient (Wildman–Crippen LogP) is 5.97. The third kappa shape index (κ3) is 6.99. The van der Waals surface area contributed by atoms with Crippen molar-refractivity contribution in [2.45, 2.75) is 95.1 Å². The second-order valence-electron chi connectivity index (χ2n) is 12.1. The Labute approximate surface area is 234 Å². The van der Waals surface area contributed by atoms with E-state index >= 15 is 0 Å². The highest BCUT2D eigenvalue weighted by atomic mass is 16.3. The lowest BCUT2D eigenvalue weighted by Crippen LogP contribution is -2.47. The molecule has 2 aliphatic carbocycles. The van der Waals surface area contributed by atoms with Crippen LogP contribution in [0.1, 0.15) is 99.2 Å². The van der Waals surface area contributed by atoms with Gasteiger partial charge in [-0.1, -0.05) is 80.3 Å². The van der Waals surface area contributed by atoms with Crippen LogP contribution >= 0.6 is 0 Å². The summed E-state index contributed by atoms with van der Waals surface area (Å²) in [5.41, 5.74) is 3.47. The minimum Gasteiger partial charge on any atom is -0.396 e. The Kier molecular flexibility index (Phi) is 9.86. The molecule has 5 heteroatoms. The molecule has 2 saturated carbocycles. The highest BCUT2D eigenvalue weighted by Crippen LogP contribution is 2.40. The first-order valence-corrected chi connectivity index (χ1v) is 15.4. The van der Waals surface area contributed by atoms with Crippen molar-refractivity contribution in [3.8, 4) is 0 Å². The van der Waals surface area contributed by atoms with Crippen LogP contribution in [0.15, 0.2) is 54.6 Å². The Hall–Kier alpha value is -2.50. The Morgan fingerprint density at radius 3 is 2.21 bits per heavy atom. The van der Waals surface area contributed by atoms with Gasteiger partial charge in [-0.05, 0) is 74.2 Å². The first-order chi connectivity index (χ1) is 19.1. The van der Waals surface area contributed by atoms with Crippen LogP contribution in [-0.2, 0) is 16.1 Å². The van der Waals surface area contributed by atoms with E-state index in [1.807, 2.05) is 30.3 Å². The summed E-state index contributed by atoms with van der Waals surface area (Å²) in [4.78, 5) is 29.3. The van der Waals surface area contributed by atoms with E-state index in [4.69, 9.17) is 0 Å². The molecule has 1 unspecified atom stereocenters. The van der Waals surface area contributed by atoms with Gasteiger partial charge in [0.05, 0.1) is 6.61 Å². The number of ketones is 1. The van der Waals surface area contributed by atoms with Gasteiger partial charge in [-0.2, -0.15) is 0 Å². The maximum absolute atomic E-state index is 13.6. The zero-order valence-corrected chi connectivity index (χ0v) is 23.4. The van der Waals surface area contributed by atoms with Crippen molar-refractivity contribution in [2.75, 3.05) is 19.7 Å². The molecule has 1 aliphatic heterocycles. The van der Waals surface area contributed by atoms with Crippen molar-refractivity contribution in [1.29, 1.82) is 0 Å². The Balaban J connectivity index is 1.27. The minimum atomic E-state index is -0.137. The summed E-state index contributed by atoms with van der Waals surface area (Å²) < 4.78 is 0. The predicted molar refractivity (Wildman–Crippen MR) is 155 cm³/mol. The van der Waals surface area contributed by atoms with Gasteiger partial charge in [-0.15, -0.1) is 0 Å². The summed E-state index contributed by atoms with van der Waals surface area (Å²) in [5, 5.41) is 13.5. The summed E-state index contributed by atoms with van der Waals surface area (Å²) in [7, 11) is 0. The quantitative estimate of drug-likeness (QED) is 0.397. The van der Waals surface area contributed by atoms with Crippen LogP contribution in [0.5, 0.6) is 0 Å². The lowest BCUT2D eigenvalue weighted by atomic mass is 9.72. The maximum atomic E-state index is 13.6. The number of aliphatic hydroxyl groups is 1. The number of nitrogens with zero attached hydrogens (tertiary/aromatic N) is 1. The smallest absolute Gasteiger partial charge is 0.226 e. The number of amides is 1. The largest absolute Gasteiger partial charge is 0.396 e. The van der Waals surface area contributed by atoms with Gasteiger partial charge in [-0.25, -0.2) is 0 Å². The molecule has 5 nitrogen and oxygen atoms in total. The molecular weight excluding hydrogens is 484 g/mol. The van der Waals surface area contributed by atoms with Crippen LogP contribution in [0.4, 0.5) is 0 Å². The molecule has 210 valence electrons. The molecule has 1 amide bonds. The highest BCUT2D eigenvalue weighted by Gasteiger charge is 2.34. The fourth-order valence-electron chi connectivity index (χ4n) is 7.30. The number of carbonyl (C=O) groups excluding carboxylic acids is 2. The molecule has 0 aromatic heterocycles. The minimum absolute atomic E-state index is 0.00499. The van der Waals surface area contributed by atoms with Gasteiger partial charge < -0.3 is 15.3 Å². The number of carbonyl (C=O) groups is 2. The van der Waals surface area contributed by atoms with Gasteiger partial charge >= 0.3 is 0 Å². The summed E-state index contributed by atoms with van der Waals surface area (Å²) in [6.07, 6.45) is 11.1. The second kappa shape index (κ2) is 13.7. The van der Waals surface area contributed by atoms with Crippen LogP contribution in [0, 0.1) is 11.8 Å². The monoisotopic (exact) mass is 530 g/mol. The highest BCUT2D eigenvalue weighted by molar-refractivity contribution is 5.83. The zero-order valence-electron chi connectivity index (χ0n) is 23.4. The van der Waals surface area contributed by atoms with Crippen molar-refractivity contribution in [2.24, 2.45) is 11.8 Å². The van der Waals surface area contributed by atoms with E-state index in [1.165, 1.54) is 24.0 Å². The Morgan fingerprint density at radius 2 is 1.51 bits per heavy atom. The second-order valence-corrected chi connectivity index (χ2v) is 12.1. The van der Waals surface area contributed by atoms with Gasteiger partial charge in [-0.3, -0.25) is 9.59 Å². The zero-order chi connectivity index (χ0) is 27.0. The van der Waals surface area contributed by atoms with E-state index in [2.05, 4.69) is 34.5 Å². The molecule has 3 fully saturated rings. The topological polar surface area (TPSA) is 69.6 Å². The van der Waals surface area contributed by atoms with Crippen LogP contribution < -0.4 is 5.32 Å². The molecule has 1 saturated heterocycles. The SMILES string of the molecule is O=C(C[C@@H](CO)c1ccccc1)C1CCCC[C@H]1c1ccc(CN(C(=O)C2CCCC2)C2CCNCC2)cc1. The Morgan fingerprint density at radius 1 is 0.846 bits per heavy atom. The third-order valence-electron chi connectivity index (χ3n) is 9.62. The first-order valence-electron chi connectivity index (χ1n) is 15.4. The van der Waals surface area contributed by atoms with E-state index in [-0.39, 0.29) is 36.1 Å². The molecule has 2 aromatic rings. The van der Waals surface area contributed by atoms with Crippen molar-refractivity contribution < 1.29 is 14.7 Å². The van der Waals surface area contributed by atoms with E-state index in [0.717, 1.165) is 70.0 Å². The van der Waals surface area contributed by atoms with Gasteiger partial charge in [0, 0.05) is 36.8 Å². The number of hydrogen-bond donors (Lipinski definition) is 2. The van der Waals surface area contributed by atoms with E-state index in [1.54, 1.807) is 0 Å². The molecule has 2 aromatic carbocycles. The molecule has 39 heavy (non-hydrogen) atoms. The molecule has 2 N–H and O–H groups in total. The lowest BCUT2D eigenvalue weighted by molar-refractivity contribution is -0.139. The normalized spacial score (nSPS) is 23.4. The van der Waals surface area contributed by atoms with Gasteiger partial charge in [0.2, 0.25) is 5.91 Å². The van der Waals surface area contributed by atoms with Gasteiger partial charge in [0.1, 0.15) is 5.78 Å². The summed E-state index contributed by atoms with van der Waals surface area (Å²) in [6, 6.07) is 19.1. The average molecular weight is 531 g/mol. The lowest BCUT2D eigenvalue weighted by Gasteiger charge is -2.36. The standard InChI is InChI=1S/C34H46N2O3/c37-24-29(26-8-2-1-3-9-26)22-33(38)32-13-7-6-12-31(32)27-16-14-25(15-17-27)23-36(30-18-20-35-21-19-30)34(39)28-10-4-5-11-28/h1-3,8-9,14-17,28-32,35,37H,4-7,10-13,18-24H2/t29-,31-,32?/m0/s1. The van der Waals surface area contributed by atoms with Crippen molar-refractivity contribution in [1.82, 2.24) is 10.2 Å². The molecule has 1 heterocycles. The first kappa shape index (κ1) is 28.0. The molecule has 0 spiro atoms. The number of Topliss-reactive ketones (excluding diaryl/α,β-unsaturated/α-hetero) is 1. The van der Waals surface area contributed by atoms with Crippen molar-refractivity contribution in [3.05, 3.63) is 71.3 Å². The average Bonchev–Trinajstić information content (AvgIpc) is 3.55. The fraction of sp³-hybridized carbons (Fsp3) is 0.588. The van der Waals surface area contributed by atoms with E-state index < -0.39 is 0 Å². The molecule has 0 radical (unpaired) electrons. The van der Waals surface area contributed by atoms with Crippen LogP contribution in [-0.4, -0.2) is 47.4 Å². The van der Waals surface area contributed by atoms with E-state index in [9.17, 15) is 14.7 Å². The molecule has 3 aliphatic rings. The van der Waals surface area contributed by atoms with Crippen LogP contribution in [0.3, 0.4) is 0 Å². The molecule has 0 bridgehead atoms. The number of nitrogens with one attached hydrogen (secondary N) is 1. The number of hydrogen-bond acceptors (Lipinski definition) is 4. The molecule has 3 atom stereocenters. The number of piperidine rings is 1. The summed E-state index contributed by atoms with van der Waals surface area (Å²) in [5.74, 6) is 0.951.